The van der Waals surface area contributed by atoms with Crippen LogP contribution in [0.4, 0.5) is 5.69 Å². The third-order valence-corrected chi connectivity index (χ3v) is 3.56. The Morgan fingerprint density at radius 1 is 1.50 bits per heavy atom. The lowest BCUT2D eigenvalue weighted by molar-refractivity contribution is -0.384. The molecule has 5 nitrogen and oxygen atoms in total. The molecule has 1 aromatic heterocycles. The first kappa shape index (κ1) is 12.7. The van der Waals surface area contributed by atoms with E-state index in [1.165, 1.54) is 6.07 Å². The molecule has 0 aliphatic rings. The van der Waals surface area contributed by atoms with Gasteiger partial charge in [0.1, 0.15) is 0 Å². The Labute approximate surface area is 108 Å². The van der Waals surface area contributed by atoms with E-state index in [0.29, 0.717) is 6.54 Å². The zero-order valence-electron chi connectivity index (χ0n) is 9.92. The lowest BCUT2D eigenvalue weighted by atomic mass is 10.1. The Bertz CT molecular complexity index is 580. The Hall–Kier alpha value is -1.79. The van der Waals surface area contributed by atoms with Crippen LogP contribution in [0.1, 0.15) is 9.88 Å². The van der Waals surface area contributed by atoms with Gasteiger partial charge in [-0.25, -0.2) is 4.98 Å². The highest BCUT2D eigenvalue weighted by Crippen LogP contribution is 2.29. The second-order valence-corrected chi connectivity index (χ2v) is 5.15. The Morgan fingerprint density at radius 2 is 2.28 bits per heavy atom. The summed E-state index contributed by atoms with van der Waals surface area (Å²) in [5.41, 5.74) is 7.17. The van der Waals surface area contributed by atoms with Crippen LogP contribution in [0, 0.1) is 17.0 Å². The molecule has 0 unspecified atom stereocenters. The maximum Gasteiger partial charge on any atom is 0.270 e. The summed E-state index contributed by atoms with van der Waals surface area (Å²) in [6.07, 6.45) is 0.737. The highest BCUT2D eigenvalue weighted by atomic mass is 32.1. The van der Waals surface area contributed by atoms with Crippen LogP contribution in [0.2, 0.25) is 0 Å². The SMILES string of the molecule is Cc1sc(CCN)nc1-c1cccc([N+](=O)[O-])c1. The number of nitrogens with two attached hydrogens (primary N) is 1. The molecule has 2 aromatic rings. The van der Waals surface area contributed by atoms with Crippen LogP contribution in [0.25, 0.3) is 11.3 Å². The van der Waals surface area contributed by atoms with Crippen molar-refractivity contribution in [3.8, 4) is 11.3 Å². The lowest BCUT2D eigenvalue weighted by Gasteiger charge is -1.98. The van der Waals surface area contributed by atoms with Crippen LogP contribution < -0.4 is 5.73 Å². The van der Waals surface area contributed by atoms with Gasteiger partial charge in [-0.2, -0.15) is 0 Å². The van der Waals surface area contributed by atoms with E-state index in [9.17, 15) is 10.1 Å². The first-order chi connectivity index (χ1) is 8.61. The van der Waals surface area contributed by atoms with Crippen molar-refractivity contribution in [1.29, 1.82) is 0 Å². The van der Waals surface area contributed by atoms with Crippen LogP contribution in [0.15, 0.2) is 24.3 Å². The van der Waals surface area contributed by atoms with E-state index in [1.54, 1.807) is 23.5 Å². The quantitative estimate of drug-likeness (QED) is 0.678. The molecule has 2 rings (SSSR count). The van der Waals surface area contributed by atoms with E-state index >= 15 is 0 Å². The van der Waals surface area contributed by atoms with Gasteiger partial charge in [0.2, 0.25) is 0 Å². The van der Waals surface area contributed by atoms with E-state index in [4.69, 9.17) is 5.73 Å². The molecule has 0 saturated heterocycles. The second-order valence-electron chi connectivity index (χ2n) is 3.86. The molecule has 0 fully saturated rings. The summed E-state index contributed by atoms with van der Waals surface area (Å²) in [7, 11) is 0. The van der Waals surface area contributed by atoms with E-state index in [-0.39, 0.29) is 5.69 Å². The minimum Gasteiger partial charge on any atom is -0.330 e. The molecule has 1 heterocycles. The third kappa shape index (κ3) is 2.55. The van der Waals surface area contributed by atoms with E-state index in [2.05, 4.69) is 4.98 Å². The van der Waals surface area contributed by atoms with Gasteiger partial charge in [-0.3, -0.25) is 10.1 Å². The normalized spacial score (nSPS) is 10.6. The lowest BCUT2D eigenvalue weighted by Crippen LogP contribution is -2.01. The van der Waals surface area contributed by atoms with Crippen LogP contribution in [-0.2, 0) is 6.42 Å². The predicted molar refractivity (Wildman–Crippen MR) is 71.7 cm³/mol. The standard InChI is InChI=1S/C12H13N3O2S/c1-8-12(14-11(18-8)5-6-13)9-3-2-4-10(7-9)15(16)17/h2-4,7H,5-6,13H2,1H3. The molecule has 6 heteroatoms. The zero-order valence-corrected chi connectivity index (χ0v) is 10.7. The van der Waals surface area contributed by atoms with Gasteiger partial charge in [0, 0.05) is 29.0 Å². The predicted octanol–water partition coefficient (Wildman–Crippen LogP) is 2.53. The first-order valence-corrected chi connectivity index (χ1v) is 6.34. The molecule has 94 valence electrons. The van der Waals surface area contributed by atoms with Crippen LogP contribution in [-0.4, -0.2) is 16.5 Å². The number of thiazole rings is 1. The number of aryl methyl sites for hydroxylation is 1. The summed E-state index contributed by atoms with van der Waals surface area (Å²) in [4.78, 5) is 15.9. The molecule has 0 amide bonds. The van der Waals surface area contributed by atoms with Crippen molar-refractivity contribution < 1.29 is 4.92 Å². The first-order valence-electron chi connectivity index (χ1n) is 5.53. The molecular weight excluding hydrogens is 250 g/mol. The number of hydrogen-bond acceptors (Lipinski definition) is 5. The molecule has 0 bridgehead atoms. The summed E-state index contributed by atoms with van der Waals surface area (Å²) in [6, 6.07) is 6.54. The molecule has 0 radical (unpaired) electrons. The average molecular weight is 263 g/mol. The number of nitro groups is 1. The summed E-state index contributed by atoms with van der Waals surface area (Å²) in [5, 5.41) is 11.7. The Morgan fingerprint density at radius 3 is 2.94 bits per heavy atom. The van der Waals surface area contributed by atoms with Gasteiger partial charge in [-0.05, 0) is 13.5 Å². The Kier molecular flexibility index (Phi) is 3.69. The minimum absolute atomic E-state index is 0.0836. The number of rotatable bonds is 4. The number of aromatic nitrogens is 1. The molecule has 2 N–H and O–H groups in total. The summed E-state index contributed by atoms with van der Waals surface area (Å²) >= 11 is 1.59. The maximum absolute atomic E-state index is 10.7. The molecule has 0 saturated carbocycles. The van der Waals surface area contributed by atoms with Crippen LogP contribution >= 0.6 is 11.3 Å². The summed E-state index contributed by atoms with van der Waals surface area (Å²) < 4.78 is 0. The maximum atomic E-state index is 10.7. The fraction of sp³-hybridized carbons (Fsp3) is 0.250. The topological polar surface area (TPSA) is 82.0 Å². The molecule has 0 spiro atoms. The van der Waals surface area contributed by atoms with Gasteiger partial charge in [0.15, 0.2) is 0 Å². The third-order valence-electron chi connectivity index (χ3n) is 2.53. The summed E-state index contributed by atoms with van der Waals surface area (Å²) in [5.74, 6) is 0. The zero-order chi connectivity index (χ0) is 13.1. The Balaban J connectivity index is 2.41. The van der Waals surface area contributed by atoms with Crippen LogP contribution in [0.3, 0.4) is 0 Å². The van der Waals surface area contributed by atoms with Crippen molar-refractivity contribution in [3.05, 3.63) is 44.3 Å². The van der Waals surface area contributed by atoms with Crippen LogP contribution in [0.5, 0.6) is 0 Å². The van der Waals surface area contributed by atoms with Gasteiger partial charge in [0.05, 0.1) is 15.6 Å². The van der Waals surface area contributed by atoms with E-state index < -0.39 is 4.92 Å². The minimum atomic E-state index is -0.397. The van der Waals surface area contributed by atoms with Crippen molar-refractivity contribution in [2.24, 2.45) is 5.73 Å². The number of non-ortho nitro benzene ring substituents is 1. The van der Waals surface area contributed by atoms with E-state index in [1.807, 2.05) is 13.0 Å². The smallest absolute Gasteiger partial charge is 0.270 e. The van der Waals surface area contributed by atoms with E-state index in [0.717, 1.165) is 27.6 Å². The monoisotopic (exact) mass is 263 g/mol. The van der Waals surface area contributed by atoms with Crippen molar-refractivity contribution in [3.63, 3.8) is 0 Å². The van der Waals surface area contributed by atoms with Crippen molar-refractivity contribution in [1.82, 2.24) is 4.98 Å². The fourth-order valence-corrected chi connectivity index (χ4v) is 2.69. The van der Waals surface area contributed by atoms with Crippen molar-refractivity contribution in [2.75, 3.05) is 6.54 Å². The summed E-state index contributed by atoms with van der Waals surface area (Å²) in [6.45, 7) is 2.52. The number of benzene rings is 1. The molecule has 1 aromatic carbocycles. The molecular formula is C12H13N3O2S. The largest absolute Gasteiger partial charge is 0.330 e. The second kappa shape index (κ2) is 5.24. The van der Waals surface area contributed by atoms with Gasteiger partial charge >= 0.3 is 0 Å². The molecule has 0 atom stereocenters. The highest BCUT2D eigenvalue weighted by molar-refractivity contribution is 7.12. The molecule has 0 aliphatic heterocycles. The fourth-order valence-electron chi connectivity index (χ4n) is 1.72. The van der Waals surface area contributed by atoms with Crippen molar-refractivity contribution >= 4 is 17.0 Å². The number of hydrogen-bond donors (Lipinski definition) is 1. The number of nitro benzene ring substituents is 1. The average Bonchev–Trinajstić information content (AvgIpc) is 2.71. The van der Waals surface area contributed by atoms with Gasteiger partial charge < -0.3 is 5.73 Å². The van der Waals surface area contributed by atoms with Gasteiger partial charge in [-0.1, -0.05) is 12.1 Å². The van der Waals surface area contributed by atoms with Crippen molar-refractivity contribution in [2.45, 2.75) is 13.3 Å². The molecule has 18 heavy (non-hydrogen) atoms. The number of nitrogens with zero attached hydrogens (tertiary/aromatic N) is 2. The van der Waals surface area contributed by atoms with Gasteiger partial charge in [0.25, 0.3) is 5.69 Å². The van der Waals surface area contributed by atoms with Gasteiger partial charge in [-0.15, -0.1) is 11.3 Å². The highest BCUT2D eigenvalue weighted by Gasteiger charge is 2.12. The molecule has 0 aliphatic carbocycles.